The molecule has 1 atom stereocenters. The molecule has 2 rings (SSSR count). The van der Waals surface area contributed by atoms with Gasteiger partial charge in [-0.1, -0.05) is 39.7 Å². The van der Waals surface area contributed by atoms with Crippen LogP contribution in [-0.2, 0) is 4.79 Å². The van der Waals surface area contributed by atoms with Gasteiger partial charge >= 0.3 is 0 Å². The second-order valence-corrected chi connectivity index (χ2v) is 5.86. The minimum Gasteiger partial charge on any atom is -0.481 e. The Morgan fingerprint density at radius 3 is 2.73 bits per heavy atom. The molecule has 0 spiro atoms. The summed E-state index contributed by atoms with van der Waals surface area (Å²) >= 11 is 9.20. The standard InChI is InChI=1S/C16H14BrClN2O2/c1-11(22-15-7-5-13(17)6-8-15)16(21)20-19-10-12-3-2-4-14(18)9-12/h2-11H,1H3,(H,20,21)/t11-/m0/s1. The number of rotatable bonds is 5. The molecule has 6 heteroatoms. The van der Waals surface area contributed by atoms with E-state index in [1.54, 1.807) is 31.2 Å². The summed E-state index contributed by atoms with van der Waals surface area (Å²) in [6.45, 7) is 1.66. The molecule has 22 heavy (non-hydrogen) atoms. The third-order valence-electron chi connectivity index (χ3n) is 2.73. The summed E-state index contributed by atoms with van der Waals surface area (Å²) in [6, 6.07) is 14.4. The van der Waals surface area contributed by atoms with Crippen molar-refractivity contribution in [1.29, 1.82) is 0 Å². The van der Waals surface area contributed by atoms with Gasteiger partial charge in [0.05, 0.1) is 6.21 Å². The van der Waals surface area contributed by atoms with Crippen LogP contribution in [0.25, 0.3) is 0 Å². The SMILES string of the molecule is C[C@H](Oc1ccc(Br)cc1)C(=O)NN=Cc1cccc(Cl)c1. The first-order valence-corrected chi connectivity index (χ1v) is 7.72. The van der Waals surface area contributed by atoms with E-state index < -0.39 is 6.10 Å². The van der Waals surface area contributed by atoms with Crippen LogP contribution in [0.4, 0.5) is 0 Å². The summed E-state index contributed by atoms with van der Waals surface area (Å²) in [6.07, 6.45) is 0.869. The number of carbonyl (C=O) groups excluding carboxylic acids is 1. The van der Waals surface area contributed by atoms with Crippen LogP contribution in [0.1, 0.15) is 12.5 Å². The molecule has 0 saturated carbocycles. The summed E-state index contributed by atoms with van der Waals surface area (Å²) in [5, 5.41) is 4.50. The quantitative estimate of drug-likeness (QED) is 0.628. The zero-order valence-corrected chi connectivity index (χ0v) is 14.1. The molecule has 1 N–H and O–H groups in total. The van der Waals surface area contributed by atoms with Crippen molar-refractivity contribution in [1.82, 2.24) is 5.43 Å². The van der Waals surface area contributed by atoms with Gasteiger partial charge in [-0.25, -0.2) is 5.43 Å². The van der Waals surface area contributed by atoms with Gasteiger partial charge in [0.25, 0.3) is 5.91 Å². The van der Waals surface area contributed by atoms with Crippen molar-refractivity contribution in [2.45, 2.75) is 13.0 Å². The van der Waals surface area contributed by atoms with E-state index in [-0.39, 0.29) is 5.91 Å². The van der Waals surface area contributed by atoms with Crippen molar-refractivity contribution in [3.63, 3.8) is 0 Å². The zero-order valence-electron chi connectivity index (χ0n) is 11.8. The summed E-state index contributed by atoms with van der Waals surface area (Å²) in [5.41, 5.74) is 3.24. The molecule has 0 aliphatic rings. The number of carbonyl (C=O) groups is 1. The molecule has 0 saturated heterocycles. The van der Waals surface area contributed by atoms with Crippen molar-refractivity contribution >= 4 is 39.7 Å². The van der Waals surface area contributed by atoms with Gasteiger partial charge in [-0.3, -0.25) is 4.79 Å². The highest BCUT2D eigenvalue weighted by atomic mass is 79.9. The first-order chi connectivity index (χ1) is 10.5. The van der Waals surface area contributed by atoms with Crippen molar-refractivity contribution in [3.8, 4) is 5.75 Å². The van der Waals surface area contributed by atoms with E-state index in [1.807, 2.05) is 24.3 Å². The molecule has 4 nitrogen and oxygen atoms in total. The van der Waals surface area contributed by atoms with Crippen molar-refractivity contribution < 1.29 is 9.53 Å². The monoisotopic (exact) mass is 380 g/mol. The fraction of sp³-hybridized carbons (Fsp3) is 0.125. The minimum absolute atomic E-state index is 0.332. The maximum Gasteiger partial charge on any atom is 0.280 e. The number of nitrogens with zero attached hydrogens (tertiary/aromatic N) is 1. The number of halogens is 2. The Hall–Kier alpha value is -1.85. The third-order valence-corrected chi connectivity index (χ3v) is 3.50. The van der Waals surface area contributed by atoms with E-state index in [9.17, 15) is 4.79 Å². The normalized spacial score (nSPS) is 12.1. The van der Waals surface area contributed by atoms with E-state index in [0.29, 0.717) is 10.8 Å². The minimum atomic E-state index is -0.655. The Labute approximate surface area is 142 Å². The fourth-order valence-corrected chi connectivity index (χ4v) is 2.08. The maximum atomic E-state index is 11.9. The lowest BCUT2D eigenvalue weighted by molar-refractivity contribution is -0.127. The zero-order chi connectivity index (χ0) is 15.9. The molecule has 0 fully saturated rings. The topological polar surface area (TPSA) is 50.7 Å². The van der Waals surface area contributed by atoms with Gasteiger partial charge in [0.15, 0.2) is 6.10 Å². The van der Waals surface area contributed by atoms with E-state index in [0.717, 1.165) is 10.0 Å². The molecule has 0 aromatic heterocycles. The van der Waals surface area contributed by atoms with Gasteiger partial charge in [-0.2, -0.15) is 5.10 Å². The maximum absolute atomic E-state index is 11.9. The average molecular weight is 382 g/mol. The van der Waals surface area contributed by atoms with Crippen molar-refractivity contribution in [2.24, 2.45) is 5.10 Å². The lowest BCUT2D eigenvalue weighted by Crippen LogP contribution is -2.33. The molecule has 0 heterocycles. The molecular weight excluding hydrogens is 368 g/mol. The van der Waals surface area contributed by atoms with Crippen molar-refractivity contribution in [3.05, 3.63) is 63.6 Å². The molecule has 1 amide bonds. The number of nitrogens with one attached hydrogen (secondary N) is 1. The number of hydrazone groups is 1. The Morgan fingerprint density at radius 2 is 2.05 bits per heavy atom. The van der Waals surface area contributed by atoms with Crippen molar-refractivity contribution in [2.75, 3.05) is 0 Å². The Bertz CT molecular complexity index is 674. The molecule has 0 unspecified atom stereocenters. The molecule has 2 aromatic rings. The largest absolute Gasteiger partial charge is 0.481 e. The van der Waals surface area contributed by atoms with Gasteiger partial charge in [-0.15, -0.1) is 0 Å². The lowest BCUT2D eigenvalue weighted by atomic mass is 10.2. The highest BCUT2D eigenvalue weighted by Crippen LogP contribution is 2.17. The lowest BCUT2D eigenvalue weighted by Gasteiger charge is -2.12. The van der Waals surface area contributed by atoms with E-state index in [2.05, 4.69) is 26.5 Å². The smallest absolute Gasteiger partial charge is 0.280 e. The number of hydrogen-bond acceptors (Lipinski definition) is 3. The first kappa shape index (κ1) is 16.5. The second-order valence-electron chi connectivity index (χ2n) is 4.50. The van der Waals surface area contributed by atoms with Gasteiger partial charge in [0.2, 0.25) is 0 Å². The number of hydrogen-bond donors (Lipinski definition) is 1. The van der Waals surface area contributed by atoms with E-state index in [1.165, 1.54) is 6.21 Å². The molecular formula is C16H14BrClN2O2. The molecule has 114 valence electrons. The predicted octanol–water partition coefficient (Wildman–Crippen LogP) is 4.02. The summed E-state index contributed by atoms with van der Waals surface area (Å²) in [5.74, 6) is 0.283. The van der Waals surface area contributed by atoms with Crippen LogP contribution in [0.5, 0.6) is 5.75 Å². The van der Waals surface area contributed by atoms with Crippen LogP contribution in [0.15, 0.2) is 58.1 Å². The Balaban J connectivity index is 1.87. The van der Waals surface area contributed by atoms with Crippen LogP contribution in [0.3, 0.4) is 0 Å². The van der Waals surface area contributed by atoms with Crippen LogP contribution in [-0.4, -0.2) is 18.2 Å². The van der Waals surface area contributed by atoms with E-state index in [4.69, 9.17) is 16.3 Å². The first-order valence-electron chi connectivity index (χ1n) is 6.55. The van der Waals surface area contributed by atoms with E-state index >= 15 is 0 Å². The predicted molar refractivity (Wildman–Crippen MR) is 91.4 cm³/mol. The number of ether oxygens (including phenoxy) is 1. The number of benzene rings is 2. The van der Waals surface area contributed by atoms with Crippen LogP contribution in [0, 0.1) is 0 Å². The summed E-state index contributed by atoms with van der Waals surface area (Å²) in [4.78, 5) is 11.9. The molecule has 0 bridgehead atoms. The highest BCUT2D eigenvalue weighted by Gasteiger charge is 2.13. The van der Waals surface area contributed by atoms with Gasteiger partial charge in [0, 0.05) is 9.50 Å². The molecule has 0 radical (unpaired) electrons. The average Bonchev–Trinajstić information content (AvgIpc) is 2.49. The Morgan fingerprint density at radius 1 is 1.32 bits per heavy atom. The van der Waals surface area contributed by atoms with Crippen LogP contribution >= 0.6 is 27.5 Å². The van der Waals surface area contributed by atoms with Crippen LogP contribution < -0.4 is 10.2 Å². The summed E-state index contributed by atoms with van der Waals surface area (Å²) < 4.78 is 6.47. The Kier molecular flexibility index (Phi) is 5.98. The molecule has 0 aliphatic heterocycles. The van der Waals surface area contributed by atoms with Gasteiger partial charge < -0.3 is 4.74 Å². The molecule has 0 aliphatic carbocycles. The second kappa shape index (κ2) is 7.96. The van der Waals surface area contributed by atoms with Gasteiger partial charge in [0.1, 0.15) is 5.75 Å². The van der Waals surface area contributed by atoms with Gasteiger partial charge in [-0.05, 0) is 48.9 Å². The highest BCUT2D eigenvalue weighted by molar-refractivity contribution is 9.10. The summed E-state index contributed by atoms with van der Waals surface area (Å²) in [7, 11) is 0. The third kappa shape index (κ3) is 5.16. The fourth-order valence-electron chi connectivity index (χ4n) is 1.62. The number of amides is 1. The molecule has 2 aromatic carbocycles. The van der Waals surface area contributed by atoms with Crippen LogP contribution in [0.2, 0.25) is 5.02 Å².